The number of hydrogen-bond donors (Lipinski definition) is 1. The lowest BCUT2D eigenvalue weighted by Gasteiger charge is -2.24. The molecular weight excluding hydrogens is 234 g/mol. The molecule has 0 aliphatic heterocycles. The van der Waals surface area contributed by atoms with E-state index in [2.05, 4.69) is 36.5 Å². The summed E-state index contributed by atoms with van der Waals surface area (Å²) in [6.45, 7) is 5.94. The predicted octanol–water partition coefficient (Wildman–Crippen LogP) is 3.55. The van der Waals surface area contributed by atoms with Crippen molar-refractivity contribution in [1.82, 2.24) is 5.32 Å². The molecule has 2 heteroatoms. The van der Waals surface area contributed by atoms with Gasteiger partial charge in [0, 0.05) is 6.61 Å². The molecule has 19 heavy (non-hydrogen) atoms. The maximum absolute atomic E-state index is 5.85. The average Bonchev–Trinajstić information content (AvgIpc) is 2.38. The van der Waals surface area contributed by atoms with Crippen molar-refractivity contribution in [1.29, 1.82) is 0 Å². The van der Waals surface area contributed by atoms with E-state index < -0.39 is 0 Å². The molecule has 0 bridgehead atoms. The second-order valence-corrected chi connectivity index (χ2v) is 5.51. The van der Waals surface area contributed by atoms with Gasteiger partial charge in [0.15, 0.2) is 0 Å². The minimum atomic E-state index is 0.773. The molecule has 1 saturated carbocycles. The first-order valence-electron chi connectivity index (χ1n) is 7.75. The minimum Gasteiger partial charge on any atom is -0.377 e. The van der Waals surface area contributed by atoms with Crippen LogP contribution in [0.5, 0.6) is 0 Å². The van der Waals surface area contributed by atoms with Gasteiger partial charge in [0.1, 0.15) is 0 Å². The molecule has 0 aromatic heterocycles. The molecule has 1 aliphatic carbocycles. The first-order valence-corrected chi connectivity index (χ1v) is 7.75. The lowest BCUT2D eigenvalue weighted by Crippen LogP contribution is -2.17. The van der Waals surface area contributed by atoms with Gasteiger partial charge < -0.3 is 10.1 Å². The summed E-state index contributed by atoms with van der Waals surface area (Å²) < 4.78 is 5.85. The van der Waals surface area contributed by atoms with E-state index in [-0.39, 0.29) is 0 Å². The highest BCUT2D eigenvalue weighted by Gasteiger charge is 2.16. The van der Waals surface area contributed by atoms with Crippen LogP contribution in [0.15, 0.2) is 24.3 Å². The molecule has 2 nitrogen and oxygen atoms in total. The standard InChI is InChI=1S/C17H27NO/c1-2-18-12-10-16-8-3-4-9-17(16)14-19-13-11-15-6-5-7-15/h3-4,8-9,15,18H,2,5-7,10-14H2,1H3. The highest BCUT2D eigenvalue weighted by molar-refractivity contribution is 5.26. The molecule has 0 heterocycles. The van der Waals surface area contributed by atoms with Gasteiger partial charge in [-0.25, -0.2) is 0 Å². The Kier molecular flexibility index (Phi) is 6.38. The molecule has 0 radical (unpaired) electrons. The van der Waals surface area contributed by atoms with Crippen molar-refractivity contribution in [2.45, 2.75) is 45.6 Å². The van der Waals surface area contributed by atoms with Crippen molar-refractivity contribution in [3.05, 3.63) is 35.4 Å². The second-order valence-electron chi connectivity index (χ2n) is 5.51. The number of ether oxygens (including phenoxy) is 1. The fourth-order valence-electron chi connectivity index (χ4n) is 2.56. The van der Waals surface area contributed by atoms with Crippen LogP contribution in [0.1, 0.15) is 43.7 Å². The number of hydrogen-bond acceptors (Lipinski definition) is 2. The molecule has 1 aliphatic rings. The van der Waals surface area contributed by atoms with E-state index in [9.17, 15) is 0 Å². The van der Waals surface area contributed by atoms with Gasteiger partial charge in [-0.2, -0.15) is 0 Å². The molecule has 1 fully saturated rings. The highest BCUT2D eigenvalue weighted by Crippen LogP contribution is 2.29. The molecule has 2 rings (SSSR count). The van der Waals surface area contributed by atoms with Crippen molar-refractivity contribution in [2.75, 3.05) is 19.7 Å². The zero-order valence-electron chi connectivity index (χ0n) is 12.2. The van der Waals surface area contributed by atoms with Crippen molar-refractivity contribution in [2.24, 2.45) is 5.92 Å². The van der Waals surface area contributed by atoms with Gasteiger partial charge in [0.05, 0.1) is 6.61 Å². The Morgan fingerprint density at radius 2 is 2.00 bits per heavy atom. The number of rotatable bonds is 9. The van der Waals surface area contributed by atoms with E-state index in [1.165, 1.54) is 36.8 Å². The van der Waals surface area contributed by atoms with Gasteiger partial charge in [0.2, 0.25) is 0 Å². The van der Waals surface area contributed by atoms with Crippen LogP contribution in [-0.4, -0.2) is 19.7 Å². The Morgan fingerprint density at radius 3 is 2.68 bits per heavy atom. The lowest BCUT2D eigenvalue weighted by atomic mass is 9.83. The topological polar surface area (TPSA) is 21.3 Å². The van der Waals surface area contributed by atoms with Crippen LogP contribution in [0.3, 0.4) is 0 Å². The van der Waals surface area contributed by atoms with E-state index in [1.807, 2.05) is 0 Å². The Balaban J connectivity index is 1.71. The third-order valence-corrected chi connectivity index (χ3v) is 4.09. The molecule has 0 spiro atoms. The highest BCUT2D eigenvalue weighted by atomic mass is 16.5. The van der Waals surface area contributed by atoms with Crippen molar-refractivity contribution in [3.8, 4) is 0 Å². The Labute approximate surface area is 117 Å². The van der Waals surface area contributed by atoms with Crippen LogP contribution >= 0.6 is 0 Å². The van der Waals surface area contributed by atoms with Crippen LogP contribution in [-0.2, 0) is 17.8 Å². The van der Waals surface area contributed by atoms with Gasteiger partial charge in [0.25, 0.3) is 0 Å². The molecule has 0 saturated heterocycles. The quantitative estimate of drug-likeness (QED) is 0.686. The van der Waals surface area contributed by atoms with E-state index in [4.69, 9.17) is 4.74 Å². The van der Waals surface area contributed by atoms with Crippen LogP contribution in [0.4, 0.5) is 0 Å². The molecular formula is C17H27NO. The molecule has 0 atom stereocenters. The summed E-state index contributed by atoms with van der Waals surface area (Å²) >= 11 is 0. The zero-order valence-corrected chi connectivity index (χ0v) is 12.2. The SMILES string of the molecule is CCNCCc1ccccc1COCCC1CCC1. The minimum absolute atomic E-state index is 0.773. The number of benzene rings is 1. The van der Waals surface area contributed by atoms with Crippen molar-refractivity contribution >= 4 is 0 Å². The van der Waals surface area contributed by atoms with Crippen molar-refractivity contribution in [3.63, 3.8) is 0 Å². The summed E-state index contributed by atoms with van der Waals surface area (Å²) in [5.41, 5.74) is 2.78. The third kappa shape index (κ3) is 4.96. The summed E-state index contributed by atoms with van der Waals surface area (Å²) in [5, 5.41) is 3.38. The van der Waals surface area contributed by atoms with Crippen LogP contribution in [0.25, 0.3) is 0 Å². The molecule has 0 unspecified atom stereocenters. The van der Waals surface area contributed by atoms with Gasteiger partial charge in [-0.1, -0.05) is 50.5 Å². The van der Waals surface area contributed by atoms with E-state index >= 15 is 0 Å². The summed E-state index contributed by atoms with van der Waals surface area (Å²) in [5.74, 6) is 0.948. The summed E-state index contributed by atoms with van der Waals surface area (Å²) in [7, 11) is 0. The van der Waals surface area contributed by atoms with E-state index in [0.29, 0.717) is 0 Å². The number of nitrogens with one attached hydrogen (secondary N) is 1. The smallest absolute Gasteiger partial charge is 0.0719 e. The van der Waals surface area contributed by atoms with E-state index in [0.717, 1.165) is 38.6 Å². The first-order chi connectivity index (χ1) is 9.40. The second kappa shape index (κ2) is 8.34. The fourth-order valence-corrected chi connectivity index (χ4v) is 2.56. The average molecular weight is 261 g/mol. The van der Waals surface area contributed by atoms with E-state index in [1.54, 1.807) is 0 Å². The molecule has 1 N–H and O–H groups in total. The zero-order chi connectivity index (χ0) is 13.3. The molecule has 1 aromatic rings. The summed E-state index contributed by atoms with van der Waals surface area (Å²) in [4.78, 5) is 0. The van der Waals surface area contributed by atoms with Gasteiger partial charge >= 0.3 is 0 Å². The third-order valence-electron chi connectivity index (χ3n) is 4.09. The Morgan fingerprint density at radius 1 is 1.21 bits per heavy atom. The van der Waals surface area contributed by atoms with Gasteiger partial charge in [-0.3, -0.25) is 0 Å². The van der Waals surface area contributed by atoms with Crippen LogP contribution in [0, 0.1) is 5.92 Å². The fraction of sp³-hybridized carbons (Fsp3) is 0.647. The monoisotopic (exact) mass is 261 g/mol. The maximum Gasteiger partial charge on any atom is 0.0719 e. The van der Waals surface area contributed by atoms with Gasteiger partial charge in [-0.15, -0.1) is 0 Å². The lowest BCUT2D eigenvalue weighted by molar-refractivity contribution is 0.0945. The molecule has 1 aromatic carbocycles. The van der Waals surface area contributed by atoms with Crippen LogP contribution in [0.2, 0.25) is 0 Å². The molecule has 106 valence electrons. The predicted molar refractivity (Wildman–Crippen MR) is 80.3 cm³/mol. The van der Waals surface area contributed by atoms with Crippen LogP contribution < -0.4 is 5.32 Å². The maximum atomic E-state index is 5.85. The van der Waals surface area contributed by atoms with Crippen molar-refractivity contribution < 1.29 is 4.74 Å². The Hall–Kier alpha value is -0.860. The normalized spacial score (nSPS) is 15.4. The largest absolute Gasteiger partial charge is 0.377 e. The molecule has 0 amide bonds. The first kappa shape index (κ1) is 14.5. The number of likely N-dealkylation sites (N-methyl/N-ethyl adjacent to an activating group) is 1. The Bertz CT molecular complexity index is 360. The van der Waals surface area contributed by atoms with Gasteiger partial charge in [-0.05, 0) is 43.0 Å². The summed E-state index contributed by atoms with van der Waals surface area (Å²) in [6.07, 6.45) is 6.61. The summed E-state index contributed by atoms with van der Waals surface area (Å²) in [6, 6.07) is 8.66.